The first-order valence-corrected chi connectivity index (χ1v) is 8.75. The lowest BCUT2D eigenvalue weighted by atomic mass is 10.1. The minimum Gasteiger partial charge on any atom is -0.316 e. The molecule has 0 saturated carbocycles. The Morgan fingerprint density at radius 2 is 1.81 bits per heavy atom. The standard InChI is InChI=1S/C16H22N2O2S/c1-3-17-11-13(2)21(19,20)18-12-15-9-6-8-14-7-4-5-10-16(14)15/h4-10,13,17-18H,3,11-12H2,1-2H3. The molecule has 0 spiro atoms. The van der Waals surface area contributed by atoms with Crippen LogP contribution in [0.2, 0.25) is 0 Å². The molecule has 2 rings (SSSR count). The van der Waals surface area contributed by atoms with Crippen molar-refractivity contribution in [1.29, 1.82) is 0 Å². The topological polar surface area (TPSA) is 58.2 Å². The molecule has 0 aliphatic heterocycles. The highest BCUT2D eigenvalue weighted by Crippen LogP contribution is 2.18. The molecule has 0 amide bonds. The fourth-order valence-corrected chi connectivity index (χ4v) is 3.20. The number of hydrogen-bond donors (Lipinski definition) is 2. The first-order valence-electron chi connectivity index (χ1n) is 7.20. The number of benzene rings is 2. The molecule has 1 unspecified atom stereocenters. The lowest BCUT2D eigenvalue weighted by Crippen LogP contribution is -2.38. The van der Waals surface area contributed by atoms with Crippen LogP contribution in [0.3, 0.4) is 0 Å². The largest absolute Gasteiger partial charge is 0.316 e. The zero-order valence-electron chi connectivity index (χ0n) is 12.5. The van der Waals surface area contributed by atoms with Crippen molar-refractivity contribution in [3.63, 3.8) is 0 Å². The molecule has 0 bridgehead atoms. The van der Waals surface area contributed by atoms with Crippen LogP contribution in [-0.2, 0) is 16.6 Å². The molecule has 2 N–H and O–H groups in total. The fourth-order valence-electron chi connectivity index (χ4n) is 2.22. The van der Waals surface area contributed by atoms with Gasteiger partial charge < -0.3 is 5.32 Å². The molecule has 114 valence electrons. The third-order valence-electron chi connectivity index (χ3n) is 3.56. The van der Waals surface area contributed by atoms with Gasteiger partial charge in [0.15, 0.2) is 0 Å². The molecule has 4 nitrogen and oxygen atoms in total. The molecule has 2 aromatic carbocycles. The van der Waals surface area contributed by atoms with Crippen LogP contribution in [0, 0.1) is 0 Å². The van der Waals surface area contributed by atoms with E-state index in [-0.39, 0.29) is 0 Å². The van der Waals surface area contributed by atoms with Crippen molar-refractivity contribution in [3.8, 4) is 0 Å². The summed E-state index contributed by atoms with van der Waals surface area (Å²) in [6, 6.07) is 13.9. The van der Waals surface area contributed by atoms with Crippen LogP contribution in [0.15, 0.2) is 42.5 Å². The predicted octanol–water partition coefficient (Wildman–Crippen LogP) is 2.26. The first kappa shape index (κ1) is 15.9. The number of sulfonamides is 1. The van der Waals surface area contributed by atoms with E-state index < -0.39 is 15.3 Å². The van der Waals surface area contributed by atoms with Gasteiger partial charge in [-0.3, -0.25) is 0 Å². The molecule has 5 heteroatoms. The molecule has 0 saturated heterocycles. The molecule has 21 heavy (non-hydrogen) atoms. The van der Waals surface area contributed by atoms with Gasteiger partial charge in [-0.1, -0.05) is 49.4 Å². The Bertz CT molecular complexity index is 693. The van der Waals surface area contributed by atoms with Gasteiger partial charge in [0.05, 0.1) is 5.25 Å². The molecule has 0 aliphatic carbocycles. The summed E-state index contributed by atoms with van der Waals surface area (Å²) in [5.74, 6) is 0. The summed E-state index contributed by atoms with van der Waals surface area (Å²) in [4.78, 5) is 0. The zero-order chi connectivity index (χ0) is 15.3. The van der Waals surface area contributed by atoms with Crippen LogP contribution in [0.25, 0.3) is 10.8 Å². The highest BCUT2D eigenvalue weighted by Gasteiger charge is 2.19. The van der Waals surface area contributed by atoms with E-state index in [9.17, 15) is 8.42 Å². The summed E-state index contributed by atoms with van der Waals surface area (Å²) >= 11 is 0. The summed E-state index contributed by atoms with van der Waals surface area (Å²) in [5.41, 5.74) is 0.993. The summed E-state index contributed by atoms with van der Waals surface area (Å²) < 4.78 is 27.1. The molecule has 0 radical (unpaired) electrons. The van der Waals surface area contributed by atoms with E-state index in [0.717, 1.165) is 22.9 Å². The molecule has 1 atom stereocenters. The lowest BCUT2D eigenvalue weighted by Gasteiger charge is -2.15. The summed E-state index contributed by atoms with van der Waals surface area (Å²) in [6.45, 7) is 5.22. The van der Waals surface area contributed by atoms with Gasteiger partial charge in [0.25, 0.3) is 0 Å². The summed E-state index contributed by atoms with van der Waals surface area (Å²) in [7, 11) is -3.31. The van der Waals surface area contributed by atoms with Gasteiger partial charge in [-0.25, -0.2) is 13.1 Å². The summed E-state index contributed by atoms with van der Waals surface area (Å²) in [5, 5.41) is 4.82. The maximum atomic E-state index is 12.2. The van der Waals surface area contributed by atoms with Crippen molar-refractivity contribution in [1.82, 2.24) is 10.0 Å². The Balaban J connectivity index is 2.11. The van der Waals surface area contributed by atoms with Crippen molar-refractivity contribution in [3.05, 3.63) is 48.0 Å². The van der Waals surface area contributed by atoms with E-state index in [1.165, 1.54) is 0 Å². The Labute approximate surface area is 126 Å². The van der Waals surface area contributed by atoms with E-state index in [2.05, 4.69) is 10.0 Å². The molecule has 0 heterocycles. The van der Waals surface area contributed by atoms with Crippen molar-refractivity contribution in [2.45, 2.75) is 25.6 Å². The fraction of sp³-hybridized carbons (Fsp3) is 0.375. The van der Waals surface area contributed by atoms with Gasteiger partial charge >= 0.3 is 0 Å². The van der Waals surface area contributed by atoms with Gasteiger partial charge in [-0.2, -0.15) is 0 Å². The second-order valence-corrected chi connectivity index (χ2v) is 7.31. The molecular weight excluding hydrogens is 284 g/mol. The molecule has 2 aromatic rings. The maximum absolute atomic E-state index is 12.2. The van der Waals surface area contributed by atoms with Gasteiger partial charge in [-0.15, -0.1) is 0 Å². The third-order valence-corrected chi connectivity index (χ3v) is 5.33. The van der Waals surface area contributed by atoms with E-state index in [0.29, 0.717) is 13.1 Å². The Kier molecular flexibility index (Phi) is 5.33. The maximum Gasteiger partial charge on any atom is 0.215 e. The minimum atomic E-state index is -3.31. The zero-order valence-corrected chi connectivity index (χ0v) is 13.3. The Morgan fingerprint density at radius 3 is 2.57 bits per heavy atom. The van der Waals surface area contributed by atoms with Gasteiger partial charge in [0, 0.05) is 13.1 Å². The SMILES string of the molecule is CCNCC(C)S(=O)(=O)NCc1cccc2ccccc12. The second kappa shape index (κ2) is 7.02. The number of hydrogen-bond acceptors (Lipinski definition) is 3. The molecule has 0 aliphatic rings. The molecular formula is C16H22N2O2S. The quantitative estimate of drug-likeness (QED) is 0.825. The van der Waals surface area contributed by atoms with Crippen LogP contribution in [0.1, 0.15) is 19.4 Å². The van der Waals surface area contributed by atoms with E-state index in [1.54, 1.807) is 6.92 Å². The van der Waals surface area contributed by atoms with E-state index in [1.807, 2.05) is 49.4 Å². The van der Waals surface area contributed by atoms with Crippen LogP contribution in [0.4, 0.5) is 0 Å². The van der Waals surface area contributed by atoms with Crippen molar-refractivity contribution in [2.75, 3.05) is 13.1 Å². The predicted molar refractivity (Wildman–Crippen MR) is 87.7 cm³/mol. The Hall–Kier alpha value is -1.43. The average Bonchev–Trinajstić information content (AvgIpc) is 2.50. The molecule has 0 aromatic heterocycles. The summed E-state index contributed by atoms with van der Waals surface area (Å²) in [6.07, 6.45) is 0. The minimum absolute atomic E-state index is 0.320. The monoisotopic (exact) mass is 306 g/mol. The van der Waals surface area contributed by atoms with Crippen LogP contribution in [0.5, 0.6) is 0 Å². The normalized spacial score (nSPS) is 13.4. The highest BCUT2D eigenvalue weighted by atomic mass is 32.2. The smallest absolute Gasteiger partial charge is 0.215 e. The van der Waals surface area contributed by atoms with Gasteiger partial charge in [-0.05, 0) is 29.8 Å². The van der Waals surface area contributed by atoms with Crippen LogP contribution >= 0.6 is 0 Å². The van der Waals surface area contributed by atoms with Crippen LogP contribution < -0.4 is 10.0 Å². The van der Waals surface area contributed by atoms with Crippen LogP contribution in [-0.4, -0.2) is 26.8 Å². The Morgan fingerprint density at radius 1 is 1.10 bits per heavy atom. The van der Waals surface area contributed by atoms with Gasteiger partial charge in [0.2, 0.25) is 10.0 Å². The van der Waals surface area contributed by atoms with Crippen molar-refractivity contribution >= 4 is 20.8 Å². The third kappa shape index (κ3) is 4.03. The van der Waals surface area contributed by atoms with Crippen molar-refractivity contribution < 1.29 is 8.42 Å². The molecule has 0 fully saturated rings. The number of fused-ring (bicyclic) bond motifs is 1. The van der Waals surface area contributed by atoms with E-state index in [4.69, 9.17) is 0 Å². The average molecular weight is 306 g/mol. The highest BCUT2D eigenvalue weighted by molar-refractivity contribution is 7.90. The van der Waals surface area contributed by atoms with Gasteiger partial charge in [0.1, 0.15) is 0 Å². The number of rotatable bonds is 7. The second-order valence-electron chi connectivity index (χ2n) is 5.12. The lowest BCUT2D eigenvalue weighted by molar-refractivity contribution is 0.560. The van der Waals surface area contributed by atoms with Crippen molar-refractivity contribution in [2.24, 2.45) is 0 Å². The first-order chi connectivity index (χ1) is 10.0. The number of nitrogens with one attached hydrogen (secondary N) is 2. The van der Waals surface area contributed by atoms with E-state index >= 15 is 0 Å².